The number of carbonyl (C=O) groups excluding carboxylic acids is 2. The van der Waals surface area contributed by atoms with Gasteiger partial charge in [0, 0.05) is 11.4 Å². The van der Waals surface area contributed by atoms with Gasteiger partial charge in [0.05, 0.1) is 5.41 Å². The van der Waals surface area contributed by atoms with Crippen molar-refractivity contribution in [1.29, 1.82) is 0 Å². The van der Waals surface area contributed by atoms with Crippen LogP contribution in [0, 0.1) is 5.41 Å². The van der Waals surface area contributed by atoms with Crippen molar-refractivity contribution >= 4 is 23.4 Å². The maximum atomic E-state index is 13.4. The van der Waals surface area contributed by atoms with Gasteiger partial charge in [0.15, 0.2) is 0 Å². The topological polar surface area (TPSA) is 104 Å². The molecule has 1 atom stereocenters. The lowest BCUT2D eigenvalue weighted by Gasteiger charge is -2.33. The summed E-state index contributed by atoms with van der Waals surface area (Å²) in [7, 11) is 0. The number of ketones is 1. The standard InChI is InChI=1S/C24H34ClN3O5/c1-4-5-6-7-8-9-10-11-21(29)32-16-23(2,3)22(30)24(31,28-18-26-17-27-28)33-20-14-12-19(25)13-15-20/h12-15,17-18,31H,4-11,16H2,1-3H3. The molecule has 1 unspecified atom stereocenters. The van der Waals surface area contributed by atoms with E-state index in [0.29, 0.717) is 11.4 Å². The molecule has 0 aliphatic rings. The summed E-state index contributed by atoms with van der Waals surface area (Å²) in [5.41, 5.74) is -1.26. The summed E-state index contributed by atoms with van der Waals surface area (Å²) in [4.78, 5) is 29.4. The van der Waals surface area contributed by atoms with Gasteiger partial charge in [-0.2, -0.15) is 9.78 Å². The van der Waals surface area contributed by atoms with E-state index >= 15 is 0 Å². The Morgan fingerprint density at radius 3 is 2.30 bits per heavy atom. The molecule has 0 bridgehead atoms. The molecule has 0 spiro atoms. The summed E-state index contributed by atoms with van der Waals surface area (Å²) in [6.45, 7) is 5.12. The Hall–Kier alpha value is -2.45. The number of halogens is 1. The van der Waals surface area contributed by atoms with Crippen LogP contribution in [0.5, 0.6) is 5.75 Å². The zero-order valence-corrected chi connectivity index (χ0v) is 20.4. The number of nitrogens with zero attached hydrogens (tertiary/aromatic N) is 3. The lowest BCUT2D eigenvalue weighted by molar-refractivity contribution is -0.222. The molecule has 0 fully saturated rings. The van der Waals surface area contributed by atoms with Gasteiger partial charge < -0.3 is 14.6 Å². The molecule has 0 radical (unpaired) electrons. The zero-order chi connectivity index (χ0) is 24.3. The van der Waals surface area contributed by atoms with Crippen LogP contribution in [0.4, 0.5) is 0 Å². The van der Waals surface area contributed by atoms with Crippen molar-refractivity contribution in [3.63, 3.8) is 0 Å². The van der Waals surface area contributed by atoms with Gasteiger partial charge in [-0.15, -0.1) is 0 Å². The summed E-state index contributed by atoms with van der Waals surface area (Å²) >= 11 is 5.90. The molecule has 0 amide bonds. The summed E-state index contributed by atoms with van der Waals surface area (Å²) in [6.07, 6.45) is 10.3. The summed E-state index contributed by atoms with van der Waals surface area (Å²) < 4.78 is 11.9. The van der Waals surface area contributed by atoms with Crippen LogP contribution in [0.3, 0.4) is 0 Å². The molecule has 0 aliphatic heterocycles. The second-order valence-electron chi connectivity index (χ2n) is 8.75. The molecule has 1 heterocycles. The Balaban J connectivity index is 1.96. The lowest BCUT2D eigenvalue weighted by Crippen LogP contribution is -2.54. The minimum absolute atomic E-state index is 0.206. The van der Waals surface area contributed by atoms with E-state index in [-0.39, 0.29) is 18.3 Å². The fourth-order valence-corrected chi connectivity index (χ4v) is 3.42. The number of aliphatic hydroxyl groups is 1. The van der Waals surface area contributed by atoms with E-state index in [4.69, 9.17) is 21.1 Å². The highest BCUT2D eigenvalue weighted by atomic mass is 35.5. The van der Waals surface area contributed by atoms with E-state index < -0.39 is 17.1 Å². The summed E-state index contributed by atoms with van der Waals surface area (Å²) in [6, 6.07) is 6.18. The largest absolute Gasteiger partial charge is 0.465 e. The van der Waals surface area contributed by atoms with Gasteiger partial charge in [0.1, 0.15) is 25.0 Å². The highest BCUT2D eigenvalue weighted by molar-refractivity contribution is 6.30. The van der Waals surface area contributed by atoms with Crippen molar-refractivity contribution in [2.24, 2.45) is 5.41 Å². The van der Waals surface area contributed by atoms with Crippen molar-refractivity contribution in [3.05, 3.63) is 41.9 Å². The van der Waals surface area contributed by atoms with Gasteiger partial charge in [-0.1, -0.05) is 57.0 Å². The molecule has 9 heteroatoms. The van der Waals surface area contributed by atoms with Gasteiger partial charge in [-0.05, 0) is 44.5 Å². The van der Waals surface area contributed by atoms with Gasteiger partial charge in [-0.3, -0.25) is 9.59 Å². The molecule has 0 saturated carbocycles. The molecule has 1 aromatic carbocycles. The van der Waals surface area contributed by atoms with Crippen LogP contribution in [0.15, 0.2) is 36.9 Å². The number of Topliss-reactive ketones (excluding diaryl/α,β-unsaturated/α-hetero) is 1. The average Bonchev–Trinajstić information content (AvgIpc) is 3.34. The van der Waals surface area contributed by atoms with E-state index in [1.807, 2.05) is 0 Å². The highest BCUT2D eigenvalue weighted by Gasteiger charge is 2.50. The van der Waals surface area contributed by atoms with Crippen LogP contribution in [0.25, 0.3) is 0 Å². The summed E-state index contributed by atoms with van der Waals surface area (Å²) in [5, 5.41) is 15.6. The first-order valence-corrected chi connectivity index (χ1v) is 11.8. The first-order chi connectivity index (χ1) is 15.7. The van der Waals surface area contributed by atoms with Crippen molar-refractivity contribution in [2.45, 2.75) is 78.0 Å². The van der Waals surface area contributed by atoms with Crippen LogP contribution in [0.1, 0.15) is 72.1 Å². The number of hydrogen-bond donors (Lipinski definition) is 1. The molecule has 1 aromatic heterocycles. The van der Waals surface area contributed by atoms with Crippen molar-refractivity contribution in [2.75, 3.05) is 6.61 Å². The number of esters is 1. The fraction of sp³-hybridized carbons (Fsp3) is 0.583. The molecule has 2 aromatic rings. The van der Waals surface area contributed by atoms with Crippen LogP contribution < -0.4 is 4.74 Å². The Morgan fingerprint density at radius 2 is 1.70 bits per heavy atom. The monoisotopic (exact) mass is 479 g/mol. The van der Waals surface area contributed by atoms with Gasteiger partial charge >= 0.3 is 11.9 Å². The maximum absolute atomic E-state index is 13.4. The van der Waals surface area contributed by atoms with Crippen molar-refractivity contribution in [1.82, 2.24) is 14.8 Å². The van der Waals surface area contributed by atoms with E-state index in [2.05, 4.69) is 17.0 Å². The molecule has 33 heavy (non-hydrogen) atoms. The van der Waals surface area contributed by atoms with Crippen LogP contribution in [-0.4, -0.2) is 38.2 Å². The van der Waals surface area contributed by atoms with Crippen molar-refractivity contribution < 1.29 is 24.2 Å². The third-order valence-electron chi connectivity index (χ3n) is 5.29. The average molecular weight is 480 g/mol. The minimum atomic E-state index is -2.49. The Labute approximate surface area is 200 Å². The smallest absolute Gasteiger partial charge is 0.376 e. The number of rotatable bonds is 15. The molecular weight excluding hydrogens is 446 g/mol. The molecule has 0 aliphatic carbocycles. The zero-order valence-electron chi connectivity index (χ0n) is 19.6. The second kappa shape index (κ2) is 12.7. The van der Waals surface area contributed by atoms with E-state index in [9.17, 15) is 14.7 Å². The van der Waals surface area contributed by atoms with Gasteiger partial charge in [-0.25, -0.2) is 4.98 Å². The minimum Gasteiger partial charge on any atom is -0.465 e. The first kappa shape index (κ1) is 26.8. The van der Waals surface area contributed by atoms with Crippen LogP contribution in [0.2, 0.25) is 5.02 Å². The number of hydrogen-bond acceptors (Lipinski definition) is 7. The normalized spacial score (nSPS) is 13.4. The van der Waals surface area contributed by atoms with E-state index in [1.165, 1.54) is 50.5 Å². The van der Waals surface area contributed by atoms with Crippen LogP contribution in [-0.2, 0) is 20.2 Å². The quantitative estimate of drug-likeness (QED) is 0.220. The fourth-order valence-electron chi connectivity index (χ4n) is 3.29. The number of aromatic nitrogens is 3. The third kappa shape index (κ3) is 8.12. The number of unbranched alkanes of at least 4 members (excludes halogenated alkanes) is 6. The maximum Gasteiger partial charge on any atom is 0.376 e. The van der Waals surface area contributed by atoms with Crippen LogP contribution >= 0.6 is 11.6 Å². The van der Waals surface area contributed by atoms with Crippen molar-refractivity contribution in [3.8, 4) is 5.75 Å². The third-order valence-corrected chi connectivity index (χ3v) is 5.54. The predicted molar refractivity (Wildman–Crippen MR) is 125 cm³/mol. The number of benzene rings is 1. The second-order valence-corrected chi connectivity index (χ2v) is 9.19. The Kier molecular flexibility index (Phi) is 10.3. The molecule has 8 nitrogen and oxygen atoms in total. The van der Waals surface area contributed by atoms with Gasteiger partial charge in [0.2, 0.25) is 5.78 Å². The lowest BCUT2D eigenvalue weighted by atomic mass is 9.86. The summed E-state index contributed by atoms with van der Waals surface area (Å²) in [5.74, 6) is -3.39. The first-order valence-electron chi connectivity index (χ1n) is 11.4. The molecule has 0 saturated heterocycles. The SMILES string of the molecule is CCCCCCCCCC(=O)OCC(C)(C)C(=O)C(O)(Oc1ccc(Cl)cc1)n1cncn1. The Morgan fingerprint density at radius 1 is 1.06 bits per heavy atom. The molecule has 2 rings (SSSR count). The molecular formula is C24H34ClN3O5. The van der Waals surface area contributed by atoms with Gasteiger partial charge in [0.25, 0.3) is 0 Å². The molecule has 1 N–H and O–H groups in total. The van der Waals surface area contributed by atoms with E-state index in [1.54, 1.807) is 26.0 Å². The number of carbonyl (C=O) groups is 2. The number of ether oxygens (including phenoxy) is 2. The highest BCUT2D eigenvalue weighted by Crippen LogP contribution is 2.31. The molecule has 182 valence electrons. The van der Waals surface area contributed by atoms with E-state index in [0.717, 1.165) is 23.9 Å². The predicted octanol–water partition coefficient (Wildman–Crippen LogP) is 4.89. The Bertz CT molecular complexity index is 871.